The molecule has 2 N–H and O–H groups in total. The van der Waals surface area contributed by atoms with E-state index >= 15 is 0 Å². The monoisotopic (exact) mass is 276 g/mol. The minimum atomic E-state index is -0.126. The lowest BCUT2D eigenvalue weighted by molar-refractivity contribution is 0.0914. The molecule has 0 bridgehead atoms. The van der Waals surface area contributed by atoms with Crippen LogP contribution >= 0.6 is 0 Å². The first-order valence-electron chi connectivity index (χ1n) is 7.57. The fourth-order valence-corrected chi connectivity index (χ4v) is 2.75. The van der Waals surface area contributed by atoms with E-state index in [-0.39, 0.29) is 11.9 Å². The topological polar surface area (TPSA) is 66.9 Å². The van der Waals surface area contributed by atoms with Crippen LogP contribution in [0.3, 0.4) is 0 Å². The normalized spacial score (nSPS) is 17.5. The molecule has 1 saturated carbocycles. The molecule has 1 aliphatic rings. The first-order chi connectivity index (χ1) is 9.70. The zero-order valence-corrected chi connectivity index (χ0v) is 12.4. The van der Waals surface area contributed by atoms with Gasteiger partial charge >= 0.3 is 0 Å². The van der Waals surface area contributed by atoms with Gasteiger partial charge in [-0.2, -0.15) is 0 Å². The Kier molecular flexibility index (Phi) is 5.32. The molecule has 20 heavy (non-hydrogen) atoms. The van der Waals surface area contributed by atoms with E-state index in [9.17, 15) is 4.79 Å². The van der Waals surface area contributed by atoms with Crippen molar-refractivity contribution >= 4 is 11.7 Å². The van der Waals surface area contributed by atoms with Gasteiger partial charge in [0, 0.05) is 12.6 Å². The molecule has 1 fully saturated rings. The van der Waals surface area contributed by atoms with Gasteiger partial charge < -0.3 is 10.6 Å². The van der Waals surface area contributed by atoms with Crippen molar-refractivity contribution in [3.8, 4) is 0 Å². The summed E-state index contributed by atoms with van der Waals surface area (Å²) >= 11 is 0. The van der Waals surface area contributed by atoms with Crippen LogP contribution in [0.1, 0.15) is 56.4 Å². The second-order valence-electron chi connectivity index (χ2n) is 5.48. The van der Waals surface area contributed by atoms with Crippen LogP contribution in [-0.2, 0) is 0 Å². The lowest BCUT2D eigenvalue weighted by Crippen LogP contribution is -2.39. The maximum atomic E-state index is 12.1. The van der Waals surface area contributed by atoms with Gasteiger partial charge in [-0.1, -0.05) is 19.3 Å². The summed E-state index contributed by atoms with van der Waals surface area (Å²) in [7, 11) is 0. The van der Waals surface area contributed by atoms with Crippen molar-refractivity contribution in [1.29, 1.82) is 0 Å². The van der Waals surface area contributed by atoms with Crippen LogP contribution in [-0.4, -0.2) is 28.5 Å². The van der Waals surface area contributed by atoms with Crippen molar-refractivity contribution < 1.29 is 4.79 Å². The molecule has 0 aliphatic heterocycles. The predicted molar refractivity (Wildman–Crippen MR) is 79.7 cm³/mol. The highest BCUT2D eigenvalue weighted by molar-refractivity contribution is 5.92. The number of carbonyl (C=O) groups is 1. The van der Waals surface area contributed by atoms with Gasteiger partial charge in [-0.05, 0) is 32.6 Å². The Balaban J connectivity index is 1.89. The molecule has 1 aliphatic carbocycles. The number of nitrogens with one attached hydrogen (secondary N) is 2. The summed E-state index contributed by atoms with van der Waals surface area (Å²) < 4.78 is 0. The van der Waals surface area contributed by atoms with Crippen molar-refractivity contribution in [2.24, 2.45) is 5.92 Å². The van der Waals surface area contributed by atoms with Gasteiger partial charge in [-0.15, -0.1) is 0 Å². The largest absolute Gasteiger partial charge is 0.369 e. The summed E-state index contributed by atoms with van der Waals surface area (Å²) in [4.78, 5) is 20.5. The quantitative estimate of drug-likeness (QED) is 0.867. The number of rotatable bonds is 5. The minimum absolute atomic E-state index is 0.126. The molecule has 2 rings (SSSR count). The molecule has 1 aromatic heterocycles. The first-order valence-corrected chi connectivity index (χ1v) is 7.57. The summed E-state index contributed by atoms with van der Waals surface area (Å²) in [5.41, 5.74) is 0.384. The minimum Gasteiger partial charge on any atom is -0.369 e. The molecule has 0 radical (unpaired) electrons. The summed E-state index contributed by atoms with van der Waals surface area (Å²) in [5, 5.41) is 6.12. The summed E-state index contributed by atoms with van der Waals surface area (Å²) in [6.45, 7) is 4.88. The number of nitrogens with zero attached hydrogens (tertiary/aromatic N) is 2. The van der Waals surface area contributed by atoms with E-state index in [1.807, 2.05) is 6.92 Å². The smallest absolute Gasteiger partial charge is 0.271 e. The van der Waals surface area contributed by atoms with Gasteiger partial charge in [0.2, 0.25) is 0 Å². The number of aromatic nitrogens is 2. The summed E-state index contributed by atoms with van der Waals surface area (Å²) in [6, 6.07) is 0.207. The molecule has 0 spiro atoms. The van der Waals surface area contributed by atoms with E-state index in [4.69, 9.17) is 0 Å². The van der Waals surface area contributed by atoms with E-state index in [1.165, 1.54) is 38.3 Å². The Labute approximate surface area is 120 Å². The van der Waals surface area contributed by atoms with Crippen LogP contribution in [0.15, 0.2) is 12.4 Å². The average Bonchev–Trinajstić information content (AvgIpc) is 2.49. The Morgan fingerprint density at radius 3 is 2.65 bits per heavy atom. The average molecular weight is 276 g/mol. The predicted octanol–water partition coefficient (Wildman–Crippen LogP) is 2.61. The van der Waals surface area contributed by atoms with Gasteiger partial charge in [-0.3, -0.25) is 4.79 Å². The number of anilines is 1. The molecular formula is C15H24N4O. The Morgan fingerprint density at radius 2 is 2.05 bits per heavy atom. The molecule has 1 atom stereocenters. The molecule has 1 unspecified atom stereocenters. The maximum Gasteiger partial charge on any atom is 0.271 e. The zero-order valence-electron chi connectivity index (χ0n) is 12.4. The number of amides is 1. The van der Waals surface area contributed by atoms with E-state index in [1.54, 1.807) is 6.20 Å². The van der Waals surface area contributed by atoms with Crippen molar-refractivity contribution in [2.45, 2.75) is 52.0 Å². The SMILES string of the molecule is CCNc1cnc(C(=O)NC(C)C2CCCCC2)cn1. The van der Waals surface area contributed by atoms with Crippen LogP contribution < -0.4 is 10.6 Å². The maximum absolute atomic E-state index is 12.1. The standard InChI is InChI=1S/C15H24N4O/c1-3-16-14-10-17-13(9-18-14)15(20)19-11(2)12-7-5-4-6-8-12/h9-12H,3-8H2,1-2H3,(H,16,18)(H,19,20). The lowest BCUT2D eigenvalue weighted by atomic mass is 9.84. The molecule has 1 aromatic rings. The molecule has 0 saturated heterocycles. The number of hydrogen-bond donors (Lipinski definition) is 2. The van der Waals surface area contributed by atoms with Crippen molar-refractivity contribution in [3.05, 3.63) is 18.1 Å². The Bertz CT molecular complexity index is 426. The van der Waals surface area contributed by atoms with Gasteiger partial charge in [0.25, 0.3) is 5.91 Å². The highest BCUT2D eigenvalue weighted by atomic mass is 16.1. The molecule has 0 aromatic carbocycles. The summed E-state index contributed by atoms with van der Waals surface area (Å²) in [5.74, 6) is 1.17. The third-order valence-electron chi connectivity index (χ3n) is 3.96. The van der Waals surface area contributed by atoms with Crippen LogP contribution in [0.2, 0.25) is 0 Å². The van der Waals surface area contributed by atoms with Crippen molar-refractivity contribution in [1.82, 2.24) is 15.3 Å². The van der Waals surface area contributed by atoms with Gasteiger partial charge in [0.05, 0.1) is 12.4 Å². The van der Waals surface area contributed by atoms with Gasteiger partial charge in [0.1, 0.15) is 11.5 Å². The van der Waals surface area contributed by atoms with Crippen LogP contribution in [0.25, 0.3) is 0 Å². The molecular weight excluding hydrogens is 252 g/mol. The summed E-state index contributed by atoms with van der Waals surface area (Å²) in [6.07, 6.45) is 9.45. The molecule has 110 valence electrons. The Hall–Kier alpha value is -1.65. The lowest BCUT2D eigenvalue weighted by Gasteiger charge is -2.28. The molecule has 5 heteroatoms. The molecule has 5 nitrogen and oxygen atoms in total. The molecule has 1 amide bonds. The third kappa shape index (κ3) is 3.92. The van der Waals surface area contributed by atoms with E-state index in [0.717, 1.165) is 6.54 Å². The Morgan fingerprint density at radius 1 is 1.30 bits per heavy atom. The van der Waals surface area contributed by atoms with Gasteiger partial charge in [-0.25, -0.2) is 9.97 Å². The number of hydrogen-bond acceptors (Lipinski definition) is 4. The van der Waals surface area contributed by atoms with Gasteiger partial charge in [0.15, 0.2) is 0 Å². The second kappa shape index (κ2) is 7.22. The van der Waals surface area contributed by atoms with E-state index < -0.39 is 0 Å². The van der Waals surface area contributed by atoms with Crippen LogP contribution in [0.4, 0.5) is 5.82 Å². The highest BCUT2D eigenvalue weighted by Gasteiger charge is 2.22. The first kappa shape index (κ1) is 14.8. The van der Waals surface area contributed by atoms with E-state index in [2.05, 4.69) is 27.5 Å². The molecule has 1 heterocycles. The fourth-order valence-electron chi connectivity index (χ4n) is 2.75. The van der Waals surface area contributed by atoms with Crippen molar-refractivity contribution in [3.63, 3.8) is 0 Å². The highest BCUT2D eigenvalue weighted by Crippen LogP contribution is 2.26. The van der Waals surface area contributed by atoms with E-state index in [0.29, 0.717) is 17.4 Å². The second-order valence-corrected chi connectivity index (χ2v) is 5.48. The third-order valence-corrected chi connectivity index (χ3v) is 3.96. The van der Waals surface area contributed by atoms with Crippen molar-refractivity contribution in [2.75, 3.05) is 11.9 Å². The fraction of sp³-hybridized carbons (Fsp3) is 0.667. The number of carbonyl (C=O) groups excluding carboxylic acids is 1. The van der Waals surface area contributed by atoms with Crippen LogP contribution in [0.5, 0.6) is 0 Å². The zero-order chi connectivity index (χ0) is 14.4. The van der Waals surface area contributed by atoms with Crippen LogP contribution in [0, 0.1) is 5.92 Å².